The van der Waals surface area contributed by atoms with Crippen molar-refractivity contribution in [3.8, 4) is 0 Å². The van der Waals surface area contributed by atoms with E-state index in [4.69, 9.17) is 4.55 Å². The number of rotatable bonds is 0. The van der Waals surface area contributed by atoms with Gasteiger partial charge in [-0.25, -0.2) is 0 Å². The molecule has 0 atom stereocenters. The second-order valence-electron chi connectivity index (χ2n) is 5.84. The van der Waals surface area contributed by atoms with Gasteiger partial charge in [-0.15, -0.1) is 0 Å². The fraction of sp³-hybridized carbons (Fsp3) is 0.222. The van der Waals surface area contributed by atoms with Crippen LogP contribution in [0.5, 0.6) is 0 Å². The van der Waals surface area contributed by atoms with E-state index in [2.05, 4.69) is 48.5 Å². The van der Waals surface area contributed by atoms with Crippen LogP contribution in [0, 0.1) is 0 Å². The Hall–Kier alpha value is -1.95. The van der Waals surface area contributed by atoms with Crippen LogP contribution in [0.2, 0.25) is 0 Å². The highest BCUT2D eigenvalue weighted by atomic mass is 32.2. The van der Waals surface area contributed by atoms with Crippen LogP contribution in [-0.2, 0) is 23.0 Å². The molecule has 0 saturated carbocycles. The quantitative estimate of drug-likeness (QED) is 0.491. The zero-order valence-electron chi connectivity index (χ0n) is 12.7. The van der Waals surface area contributed by atoms with Crippen LogP contribution < -0.4 is 0 Å². The molecule has 4 nitrogen and oxygen atoms in total. The molecule has 23 heavy (non-hydrogen) atoms. The van der Waals surface area contributed by atoms with E-state index in [1.54, 1.807) is 0 Å². The minimum Gasteiger partial charge on any atom is -0.392 e. The number of aliphatic hydroxyl groups is 1. The van der Waals surface area contributed by atoms with Crippen LogP contribution in [0.25, 0.3) is 21.5 Å². The maximum atomic E-state index is 9.97. The minimum absolute atomic E-state index is 0.214. The SMILES string of the molecule is CS(=O)(=O)O.OC1Cc2c(c3ccccc3c3ccccc23)C1. The largest absolute Gasteiger partial charge is 0.392 e. The molecule has 1 aliphatic rings. The fourth-order valence-electron chi connectivity index (χ4n) is 3.30. The third-order valence-electron chi connectivity index (χ3n) is 4.04. The lowest BCUT2D eigenvalue weighted by atomic mass is 9.93. The monoisotopic (exact) mass is 330 g/mol. The first-order valence-corrected chi connectivity index (χ1v) is 9.21. The zero-order valence-corrected chi connectivity index (χ0v) is 13.5. The molecular formula is C18H18O4S. The standard InChI is InChI=1S/C17H14O.CH4O3S/c18-11-9-16-14-7-3-1-5-12(14)13-6-2-4-8-15(13)17(16)10-11;1-5(2,3)4/h1-8,11,18H,9-10H2;1H3,(H,2,3,4). The molecule has 3 aromatic rings. The Morgan fingerprint density at radius 2 is 1.13 bits per heavy atom. The van der Waals surface area contributed by atoms with Crippen molar-refractivity contribution >= 4 is 31.7 Å². The Kier molecular flexibility index (Phi) is 4.10. The second kappa shape index (κ2) is 5.92. The lowest BCUT2D eigenvalue weighted by Crippen LogP contribution is -2.03. The Labute approximate surface area is 135 Å². The van der Waals surface area contributed by atoms with E-state index in [1.807, 2.05) is 0 Å². The maximum Gasteiger partial charge on any atom is 0.261 e. The summed E-state index contributed by atoms with van der Waals surface area (Å²) in [7, 11) is -3.67. The van der Waals surface area contributed by atoms with Crippen LogP contribution >= 0.6 is 0 Å². The normalized spacial score (nSPS) is 14.6. The molecule has 2 N–H and O–H groups in total. The molecule has 0 aromatic heterocycles. The molecule has 0 aliphatic heterocycles. The molecule has 0 spiro atoms. The first-order chi connectivity index (χ1) is 10.8. The predicted molar refractivity (Wildman–Crippen MR) is 92.3 cm³/mol. The average Bonchev–Trinajstić information content (AvgIpc) is 2.88. The number of aliphatic hydroxyl groups excluding tert-OH is 1. The molecular weight excluding hydrogens is 312 g/mol. The molecule has 0 heterocycles. The Morgan fingerprint density at radius 3 is 1.48 bits per heavy atom. The van der Waals surface area contributed by atoms with Gasteiger partial charge in [-0.3, -0.25) is 4.55 Å². The van der Waals surface area contributed by atoms with Crippen LogP contribution in [0.15, 0.2) is 48.5 Å². The van der Waals surface area contributed by atoms with Gasteiger partial charge in [0.25, 0.3) is 10.1 Å². The molecule has 4 rings (SSSR count). The van der Waals surface area contributed by atoms with Crippen molar-refractivity contribution < 1.29 is 18.1 Å². The highest BCUT2D eigenvalue weighted by Gasteiger charge is 2.24. The van der Waals surface area contributed by atoms with Gasteiger partial charge in [0.2, 0.25) is 0 Å². The lowest BCUT2D eigenvalue weighted by molar-refractivity contribution is 0.187. The van der Waals surface area contributed by atoms with Crippen molar-refractivity contribution in [3.63, 3.8) is 0 Å². The van der Waals surface area contributed by atoms with E-state index in [0.717, 1.165) is 12.8 Å². The average molecular weight is 330 g/mol. The van der Waals surface area contributed by atoms with E-state index < -0.39 is 10.1 Å². The van der Waals surface area contributed by atoms with Gasteiger partial charge in [-0.1, -0.05) is 48.5 Å². The van der Waals surface area contributed by atoms with Crippen molar-refractivity contribution in [2.24, 2.45) is 0 Å². The molecule has 3 aromatic carbocycles. The second-order valence-corrected chi connectivity index (χ2v) is 7.31. The topological polar surface area (TPSA) is 74.6 Å². The van der Waals surface area contributed by atoms with Gasteiger partial charge >= 0.3 is 0 Å². The summed E-state index contributed by atoms with van der Waals surface area (Å²) in [6.07, 6.45) is 2.09. The number of hydrogen-bond acceptors (Lipinski definition) is 3. The van der Waals surface area contributed by atoms with Gasteiger partial charge < -0.3 is 5.11 Å². The summed E-state index contributed by atoms with van der Waals surface area (Å²) in [5.74, 6) is 0. The Bertz CT molecular complexity index is 904. The van der Waals surface area contributed by atoms with E-state index >= 15 is 0 Å². The highest BCUT2D eigenvalue weighted by molar-refractivity contribution is 7.85. The van der Waals surface area contributed by atoms with Gasteiger partial charge in [-0.05, 0) is 45.5 Å². The zero-order chi connectivity index (χ0) is 16.6. The molecule has 0 amide bonds. The van der Waals surface area contributed by atoms with Crippen LogP contribution in [0.4, 0.5) is 0 Å². The first kappa shape index (κ1) is 15.9. The van der Waals surface area contributed by atoms with Gasteiger partial charge in [0.1, 0.15) is 0 Å². The van der Waals surface area contributed by atoms with Gasteiger partial charge in [0.05, 0.1) is 12.4 Å². The molecule has 0 bridgehead atoms. The lowest BCUT2D eigenvalue weighted by Gasteiger charge is -2.10. The molecule has 5 heteroatoms. The predicted octanol–water partition coefficient (Wildman–Crippen LogP) is 2.96. The highest BCUT2D eigenvalue weighted by Crippen LogP contribution is 2.37. The molecule has 120 valence electrons. The van der Waals surface area contributed by atoms with Gasteiger partial charge in [-0.2, -0.15) is 8.42 Å². The number of fused-ring (bicyclic) bond motifs is 6. The third-order valence-corrected chi connectivity index (χ3v) is 4.04. The smallest absolute Gasteiger partial charge is 0.261 e. The van der Waals surface area contributed by atoms with Crippen molar-refractivity contribution in [2.75, 3.05) is 6.26 Å². The fourth-order valence-corrected chi connectivity index (χ4v) is 3.30. The van der Waals surface area contributed by atoms with Crippen LogP contribution in [-0.4, -0.2) is 30.4 Å². The summed E-state index contributed by atoms with van der Waals surface area (Å²) in [4.78, 5) is 0. The van der Waals surface area contributed by atoms with Crippen LogP contribution in [0.1, 0.15) is 11.1 Å². The minimum atomic E-state index is -3.67. The molecule has 1 aliphatic carbocycles. The molecule has 0 saturated heterocycles. The Balaban J connectivity index is 0.000000276. The van der Waals surface area contributed by atoms with Crippen molar-refractivity contribution in [1.82, 2.24) is 0 Å². The Morgan fingerprint density at radius 1 is 0.826 bits per heavy atom. The summed E-state index contributed by atoms with van der Waals surface area (Å²) in [6, 6.07) is 17.1. The summed E-state index contributed by atoms with van der Waals surface area (Å²) in [5.41, 5.74) is 2.69. The van der Waals surface area contributed by atoms with Crippen molar-refractivity contribution in [1.29, 1.82) is 0 Å². The summed E-state index contributed by atoms with van der Waals surface area (Å²) in [6.45, 7) is 0. The van der Waals surface area contributed by atoms with E-state index in [9.17, 15) is 13.5 Å². The van der Waals surface area contributed by atoms with Gasteiger partial charge in [0.15, 0.2) is 0 Å². The third kappa shape index (κ3) is 3.37. The van der Waals surface area contributed by atoms with E-state index in [1.165, 1.54) is 32.7 Å². The first-order valence-electron chi connectivity index (χ1n) is 7.36. The molecule has 0 radical (unpaired) electrons. The van der Waals surface area contributed by atoms with Gasteiger partial charge in [0, 0.05) is 0 Å². The van der Waals surface area contributed by atoms with Crippen molar-refractivity contribution in [3.05, 3.63) is 59.7 Å². The number of benzene rings is 3. The molecule has 0 unspecified atom stereocenters. The summed E-state index contributed by atoms with van der Waals surface area (Å²) in [5, 5.41) is 15.2. The number of hydrogen-bond donors (Lipinski definition) is 2. The van der Waals surface area contributed by atoms with Crippen molar-refractivity contribution in [2.45, 2.75) is 18.9 Å². The maximum absolute atomic E-state index is 9.97. The summed E-state index contributed by atoms with van der Waals surface area (Å²) < 4.78 is 25.9. The van der Waals surface area contributed by atoms with E-state index in [-0.39, 0.29) is 6.10 Å². The summed E-state index contributed by atoms with van der Waals surface area (Å²) >= 11 is 0. The van der Waals surface area contributed by atoms with Crippen LogP contribution in [0.3, 0.4) is 0 Å². The molecule has 0 fully saturated rings. The van der Waals surface area contributed by atoms with E-state index in [0.29, 0.717) is 6.26 Å².